The highest BCUT2D eigenvalue weighted by molar-refractivity contribution is 6.23. The second-order valence-corrected chi connectivity index (χ2v) is 6.43. The van der Waals surface area contributed by atoms with Crippen molar-refractivity contribution in [3.05, 3.63) is 64.9 Å². The van der Waals surface area contributed by atoms with Crippen molar-refractivity contribution in [1.29, 1.82) is 5.41 Å². The van der Waals surface area contributed by atoms with Crippen molar-refractivity contribution in [2.45, 2.75) is 20.4 Å². The van der Waals surface area contributed by atoms with E-state index in [2.05, 4.69) is 21.9 Å². The molecule has 25 heavy (non-hydrogen) atoms. The summed E-state index contributed by atoms with van der Waals surface area (Å²) in [5.41, 5.74) is 5.57. The van der Waals surface area contributed by atoms with Crippen molar-refractivity contribution < 1.29 is 5.11 Å². The maximum atomic E-state index is 10.4. The normalized spacial score (nSPS) is 14.8. The molecule has 0 unspecified atom stereocenters. The number of fused-ring (bicyclic) bond motifs is 1. The number of rotatable bonds is 3. The predicted molar refractivity (Wildman–Crippen MR) is 97.5 cm³/mol. The van der Waals surface area contributed by atoms with E-state index in [0.29, 0.717) is 24.5 Å². The first-order chi connectivity index (χ1) is 12.0. The Hall–Kier alpha value is -3.15. The average Bonchev–Trinajstić information content (AvgIpc) is 3.09. The van der Waals surface area contributed by atoms with Crippen molar-refractivity contribution >= 4 is 22.4 Å². The highest BCUT2D eigenvalue weighted by atomic mass is 16.3. The molecule has 1 aliphatic heterocycles. The topological polar surface area (TPSA) is 88.9 Å². The molecule has 3 aromatic rings. The van der Waals surface area contributed by atoms with Gasteiger partial charge in [0.15, 0.2) is 0 Å². The fraction of sp³-hybridized carbons (Fsp3) is 0.211. The molecule has 0 radical (unpaired) electrons. The standard InChI is InChI=1S/C19H19N5O/c1-11-6-14-15(7-12(11)2)23-19(22-14)17-16(25)10-24(18(17)20)9-13-4-3-5-21-8-13/h3-8,20,25H,9-10H2,1-2H3,(H,22,23). The predicted octanol–water partition coefficient (Wildman–Crippen LogP) is 3.34. The zero-order valence-corrected chi connectivity index (χ0v) is 14.2. The molecule has 0 saturated heterocycles. The lowest BCUT2D eigenvalue weighted by Crippen LogP contribution is -2.26. The van der Waals surface area contributed by atoms with Crippen LogP contribution in [0.3, 0.4) is 0 Å². The second-order valence-electron chi connectivity index (χ2n) is 6.43. The molecule has 0 aliphatic carbocycles. The molecule has 126 valence electrons. The van der Waals surface area contributed by atoms with Crippen LogP contribution in [0.4, 0.5) is 0 Å². The van der Waals surface area contributed by atoms with Crippen LogP contribution in [0.15, 0.2) is 42.4 Å². The lowest BCUT2D eigenvalue weighted by atomic mass is 10.1. The van der Waals surface area contributed by atoms with Gasteiger partial charge in [0.1, 0.15) is 17.4 Å². The molecule has 4 rings (SSSR count). The Morgan fingerprint density at radius 3 is 2.84 bits per heavy atom. The van der Waals surface area contributed by atoms with Gasteiger partial charge in [0.2, 0.25) is 0 Å². The number of imidazole rings is 1. The van der Waals surface area contributed by atoms with Crippen molar-refractivity contribution in [3.8, 4) is 0 Å². The molecule has 2 aromatic heterocycles. The van der Waals surface area contributed by atoms with Crippen LogP contribution in [0.25, 0.3) is 16.6 Å². The van der Waals surface area contributed by atoms with E-state index >= 15 is 0 Å². The van der Waals surface area contributed by atoms with Crippen LogP contribution >= 0.6 is 0 Å². The molecule has 0 amide bonds. The number of aromatic amines is 1. The van der Waals surface area contributed by atoms with Crippen molar-refractivity contribution in [2.75, 3.05) is 6.54 Å². The number of benzene rings is 1. The molecule has 0 spiro atoms. The van der Waals surface area contributed by atoms with Crippen LogP contribution in [0.5, 0.6) is 0 Å². The van der Waals surface area contributed by atoms with E-state index in [0.717, 1.165) is 16.6 Å². The minimum Gasteiger partial charge on any atom is -0.510 e. The number of hydrogen-bond donors (Lipinski definition) is 3. The minimum absolute atomic E-state index is 0.168. The van der Waals surface area contributed by atoms with Crippen LogP contribution in [0.1, 0.15) is 22.5 Å². The van der Waals surface area contributed by atoms with E-state index in [1.807, 2.05) is 36.1 Å². The van der Waals surface area contributed by atoms with Crippen molar-refractivity contribution in [2.24, 2.45) is 0 Å². The van der Waals surface area contributed by atoms with Gasteiger partial charge in [-0.1, -0.05) is 6.07 Å². The summed E-state index contributed by atoms with van der Waals surface area (Å²) in [7, 11) is 0. The fourth-order valence-corrected chi connectivity index (χ4v) is 3.12. The fourth-order valence-electron chi connectivity index (χ4n) is 3.12. The molecule has 1 aromatic carbocycles. The number of nitrogens with zero attached hydrogens (tertiary/aromatic N) is 3. The van der Waals surface area contributed by atoms with Gasteiger partial charge in [-0.15, -0.1) is 0 Å². The highest BCUT2D eigenvalue weighted by Gasteiger charge is 2.30. The number of aromatic nitrogens is 3. The van der Waals surface area contributed by atoms with Crippen LogP contribution in [-0.4, -0.2) is 37.3 Å². The lowest BCUT2D eigenvalue weighted by Gasteiger charge is -2.18. The summed E-state index contributed by atoms with van der Waals surface area (Å²) in [4.78, 5) is 13.7. The molecule has 0 bridgehead atoms. The Labute approximate surface area is 145 Å². The number of H-pyrrole nitrogens is 1. The van der Waals surface area contributed by atoms with Gasteiger partial charge in [0.25, 0.3) is 0 Å². The maximum Gasteiger partial charge on any atom is 0.145 e. The summed E-state index contributed by atoms with van der Waals surface area (Å²) in [6.07, 6.45) is 3.49. The smallest absolute Gasteiger partial charge is 0.145 e. The van der Waals surface area contributed by atoms with Gasteiger partial charge in [-0.25, -0.2) is 4.98 Å². The number of aliphatic hydroxyl groups excluding tert-OH is 1. The molecule has 6 heteroatoms. The largest absolute Gasteiger partial charge is 0.510 e. The maximum absolute atomic E-state index is 10.4. The molecule has 0 saturated carbocycles. The number of nitrogens with one attached hydrogen (secondary N) is 2. The quantitative estimate of drug-likeness (QED) is 0.686. The van der Waals surface area contributed by atoms with Gasteiger partial charge in [-0.05, 0) is 48.7 Å². The molecule has 6 nitrogen and oxygen atoms in total. The first-order valence-corrected chi connectivity index (χ1v) is 8.15. The summed E-state index contributed by atoms with van der Waals surface area (Å²) < 4.78 is 0. The van der Waals surface area contributed by atoms with E-state index in [1.165, 1.54) is 11.1 Å². The number of aryl methyl sites for hydroxylation is 2. The van der Waals surface area contributed by atoms with E-state index in [9.17, 15) is 5.11 Å². The Kier molecular flexibility index (Phi) is 3.53. The second kappa shape index (κ2) is 5.73. The summed E-state index contributed by atoms with van der Waals surface area (Å²) >= 11 is 0. The molecule has 0 fully saturated rings. The molecule has 1 aliphatic rings. The zero-order valence-electron chi connectivity index (χ0n) is 14.2. The molecule has 0 atom stereocenters. The molecule has 3 N–H and O–H groups in total. The Morgan fingerprint density at radius 1 is 1.28 bits per heavy atom. The van der Waals surface area contributed by atoms with Crippen LogP contribution in [-0.2, 0) is 6.54 Å². The van der Waals surface area contributed by atoms with Crippen LogP contribution in [0.2, 0.25) is 0 Å². The molecular formula is C19H19N5O. The van der Waals surface area contributed by atoms with Crippen molar-refractivity contribution in [3.63, 3.8) is 0 Å². The van der Waals surface area contributed by atoms with E-state index in [1.54, 1.807) is 12.4 Å². The van der Waals surface area contributed by atoms with Gasteiger partial charge in [0.05, 0.1) is 23.2 Å². The van der Waals surface area contributed by atoms with E-state index in [-0.39, 0.29) is 11.6 Å². The van der Waals surface area contributed by atoms with Gasteiger partial charge >= 0.3 is 0 Å². The monoisotopic (exact) mass is 333 g/mol. The number of pyridine rings is 1. The first kappa shape index (κ1) is 15.4. The van der Waals surface area contributed by atoms with Crippen molar-refractivity contribution in [1.82, 2.24) is 19.9 Å². The molecule has 3 heterocycles. The molecular weight excluding hydrogens is 314 g/mol. The number of amidine groups is 1. The zero-order chi connectivity index (χ0) is 17.6. The SMILES string of the molecule is Cc1cc2nc(C3=C(O)CN(Cc4cccnc4)C3=N)[nH]c2cc1C. The Balaban J connectivity index is 1.66. The van der Waals surface area contributed by atoms with Crippen LogP contribution < -0.4 is 0 Å². The third-order valence-electron chi connectivity index (χ3n) is 4.61. The van der Waals surface area contributed by atoms with Gasteiger partial charge < -0.3 is 15.0 Å². The summed E-state index contributed by atoms with van der Waals surface area (Å²) in [5, 5.41) is 18.9. The summed E-state index contributed by atoms with van der Waals surface area (Å²) in [5.74, 6) is 0.978. The summed E-state index contributed by atoms with van der Waals surface area (Å²) in [6.45, 7) is 4.93. The van der Waals surface area contributed by atoms with E-state index in [4.69, 9.17) is 5.41 Å². The Bertz CT molecular complexity index is 964. The number of aliphatic hydroxyl groups is 1. The first-order valence-electron chi connectivity index (χ1n) is 8.15. The minimum atomic E-state index is 0.168. The van der Waals surface area contributed by atoms with Gasteiger partial charge in [0, 0.05) is 18.9 Å². The van der Waals surface area contributed by atoms with Crippen LogP contribution in [0, 0.1) is 19.3 Å². The van der Waals surface area contributed by atoms with Gasteiger partial charge in [-0.2, -0.15) is 0 Å². The third-order valence-corrected chi connectivity index (χ3v) is 4.61. The average molecular weight is 333 g/mol. The third kappa shape index (κ3) is 2.65. The Morgan fingerprint density at radius 2 is 2.08 bits per heavy atom. The summed E-state index contributed by atoms with van der Waals surface area (Å²) in [6, 6.07) is 7.90. The number of hydrogen-bond acceptors (Lipinski definition) is 4. The van der Waals surface area contributed by atoms with Gasteiger partial charge in [-0.3, -0.25) is 10.4 Å². The van der Waals surface area contributed by atoms with E-state index < -0.39 is 0 Å². The highest BCUT2D eigenvalue weighted by Crippen LogP contribution is 2.28. The lowest BCUT2D eigenvalue weighted by molar-refractivity contribution is 0.346.